The molecular weight excluding hydrogens is 380 g/mol. The van der Waals surface area contributed by atoms with E-state index in [2.05, 4.69) is 15.6 Å². The summed E-state index contributed by atoms with van der Waals surface area (Å²) in [4.78, 5) is 53.5. The Morgan fingerprint density at radius 3 is 2.59 bits per heavy atom. The fraction of sp³-hybridized carbons (Fsp3) is 0.579. The first-order valence-electron chi connectivity index (χ1n) is 9.46. The maximum absolute atomic E-state index is 12.5. The SMILES string of the molecule is CNC(=O)C1CCCN1C(=O)CNC(=O)c1[nH]c(C)c(C(=O)OCCOC)c1C. The molecule has 0 aromatic carbocycles. The van der Waals surface area contributed by atoms with Crippen LogP contribution in [0.25, 0.3) is 0 Å². The van der Waals surface area contributed by atoms with Gasteiger partial charge in [-0.1, -0.05) is 0 Å². The minimum absolute atomic E-state index is 0.109. The third-order valence-corrected chi connectivity index (χ3v) is 4.91. The van der Waals surface area contributed by atoms with Gasteiger partial charge in [0.05, 0.1) is 18.7 Å². The van der Waals surface area contributed by atoms with E-state index in [-0.39, 0.29) is 42.8 Å². The van der Waals surface area contributed by atoms with Crippen molar-refractivity contribution in [3.63, 3.8) is 0 Å². The van der Waals surface area contributed by atoms with Crippen LogP contribution in [0.4, 0.5) is 0 Å². The van der Waals surface area contributed by atoms with Crippen molar-refractivity contribution in [1.29, 1.82) is 0 Å². The van der Waals surface area contributed by atoms with E-state index in [1.54, 1.807) is 13.8 Å². The number of H-pyrrole nitrogens is 1. The number of methoxy groups -OCH3 is 1. The molecule has 0 aliphatic carbocycles. The molecule has 1 saturated heterocycles. The highest BCUT2D eigenvalue weighted by Crippen LogP contribution is 2.20. The maximum atomic E-state index is 12.5. The summed E-state index contributed by atoms with van der Waals surface area (Å²) in [7, 11) is 3.03. The van der Waals surface area contributed by atoms with Crippen molar-refractivity contribution in [2.24, 2.45) is 0 Å². The van der Waals surface area contributed by atoms with Crippen molar-refractivity contribution < 1.29 is 28.7 Å². The highest BCUT2D eigenvalue weighted by atomic mass is 16.6. The van der Waals surface area contributed by atoms with E-state index in [1.807, 2.05) is 0 Å². The standard InChI is InChI=1S/C19H28N4O6/c1-11-15(19(27)29-9-8-28-4)12(2)22-16(11)18(26)21-10-14(24)23-7-5-6-13(23)17(25)20-3/h13,22H,5-10H2,1-4H3,(H,20,25)(H,21,26). The van der Waals surface area contributed by atoms with Gasteiger partial charge in [-0.3, -0.25) is 14.4 Å². The Hall–Kier alpha value is -2.88. The molecule has 1 aromatic heterocycles. The fourth-order valence-electron chi connectivity index (χ4n) is 3.42. The second kappa shape index (κ2) is 10.1. The quantitative estimate of drug-likeness (QED) is 0.407. The number of ether oxygens (including phenoxy) is 2. The van der Waals surface area contributed by atoms with Crippen molar-refractivity contribution in [2.45, 2.75) is 32.7 Å². The van der Waals surface area contributed by atoms with E-state index in [1.165, 1.54) is 19.1 Å². The lowest BCUT2D eigenvalue weighted by Gasteiger charge is -2.23. The van der Waals surface area contributed by atoms with E-state index in [4.69, 9.17) is 9.47 Å². The van der Waals surface area contributed by atoms with Gasteiger partial charge in [-0.2, -0.15) is 0 Å². The number of amides is 3. The summed E-state index contributed by atoms with van der Waals surface area (Å²) in [5.74, 6) is -1.60. The molecule has 160 valence electrons. The van der Waals surface area contributed by atoms with Gasteiger partial charge in [0.25, 0.3) is 5.91 Å². The number of likely N-dealkylation sites (N-methyl/N-ethyl adjacent to an activating group) is 1. The van der Waals surface area contributed by atoms with Crippen molar-refractivity contribution in [3.8, 4) is 0 Å². The molecule has 2 heterocycles. The molecule has 0 spiro atoms. The van der Waals surface area contributed by atoms with Crippen LogP contribution in [-0.2, 0) is 19.1 Å². The highest BCUT2D eigenvalue weighted by Gasteiger charge is 2.33. The largest absolute Gasteiger partial charge is 0.460 e. The van der Waals surface area contributed by atoms with Crippen molar-refractivity contribution in [2.75, 3.05) is 40.5 Å². The van der Waals surface area contributed by atoms with Crippen LogP contribution in [0.5, 0.6) is 0 Å². The van der Waals surface area contributed by atoms with Crippen molar-refractivity contribution >= 4 is 23.7 Å². The predicted molar refractivity (Wildman–Crippen MR) is 104 cm³/mol. The maximum Gasteiger partial charge on any atom is 0.340 e. The first kappa shape index (κ1) is 22.4. The molecule has 1 aromatic rings. The van der Waals surface area contributed by atoms with Gasteiger partial charge in [0.2, 0.25) is 11.8 Å². The molecular formula is C19H28N4O6. The Balaban J connectivity index is 2.00. The van der Waals surface area contributed by atoms with Gasteiger partial charge in [0.15, 0.2) is 0 Å². The molecule has 1 fully saturated rings. The molecule has 29 heavy (non-hydrogen) atoms. The van der Waals surface area contributed by atoms with E-state index in [9.17, 15) is 19.2 Å². The normalized spacial score (nSPS) is 15.9. The van der Waals surface area contributed by atoms with Gasteiger partial charge in [-0.25, -0.2) is 4.79 Å². The summed E-state index contributed by atoms with van der Waals surface area (Å²) in [6.45, 7) is 3.92. The zero-order valence-electron chi connectivity index (χ0n) is 17.2. The smallest absolute Gasteiger partial charge is 0.340 e. The number of aromatic amines is 1. The third kappa shape index (κ3) is 5.14. The van der Waals surface area contributed by atoms with Crippen LogP contribution in [-0.4, -0.2) is 80.1 Å². The average molecular weight is 408 g/mol. The number of carbonyl (C=O) groups is 4. The number of likely N-dealkylation sites (tertiary alicyclic amines) is 1. The molecule has 3 amide bonds. The number of nitrogens with one attached hydrogen (secondary N) is 3. The Bertz CT molecular complexity index is 788. The summed E-state index contributed by atoms with van der Waals surface area (Å²) < 4.78 is 9.97. The van der Waals surface area contributed by atoms with Crippen LogP contribution in [0.15, 0.2) is 0 Å². The molecule has 10 nitrogen and oxygen atoms in total. The van der Waals surface area contributed by atoms with Gasteiger partial charge in [-0.05, 0) is 32.3 Å². The molecule has 0 radical (unpaired) electrons. The minimum Gasteiger partial charge on any atom is -0.460 e. The van der Waals surface area contributed by atoms with E-state index < -0.39 is 17.9 Å². The predicted octanol–water partition coefficient (Wildman–Crippen LogP) is -0.0985. The molecule has 1 atom stereocenters. The van der Waals surface area contributed by atoms with Crippen molar-refractivity contribution in [1.82, 2.24) is 20.5 Å². The second-order valence-corrected chi connectivity index (χ2v) is 6.80. The Labute approximate surface area is 169 Å². The number of carbonyl (C=O) groups excluding carboxylic acids is 4. The van der Waals surface area contributed by atoms with Crippen LogP contribution in [0.1, 0.15) is 44.9 Å². The Morgan fingerprint density at radius 2 is 1.93 bits per heavy atom. The lowest BCUT2D eigenvalue weighted by atomic mass is 10.1. The molecule has 0 saturated carbocycles. The van der Waals surface area contributed by atoms with Gasteiger partial charge >= 0.3 is 5.97 Å². The Morgan fingerprint density at radius 1 is 1.21 bits per heavy atom. The summed E-state index contributed by atoms with van der Waals surface area (Å²) in [5.41, 5.74) is 1.43. The topological polar surface area (TPSA) is 130 Å². The minimum atomic E-state index is -0.547. The van der Waals surface area contributed by atoms with Crippen molar-refractivity contribution in [3.05, 3.63) is 22.5 Å². The molecule has 1 aliphatic rings. The summed E-state index contributed by atoms with van der Waals surface area (Å²) in [6, 6.07) is -0.507. The molecule has 3 N–H and O–H groups in total. The average Bonchev–Trinajstić information content (AvgIpc) is 3.30. The number of nitrogens with zero attached hydrogens (tertiary/aromatic N) is 1. The van der Waals surface area contributed by atoms with Crippen LogP contribution in [0.2, 0.25) is 0 Å². The van der Waals surface area contributed by atoms with Crippen LogP contribution in [0, 0.1) is 13.8 Å². The number of aryl methyl sites for hydroxylation is 1. The summed E-state index contributed by atoms with van der Waals surface area (Å²) in [5, 5.41) is 5.11. The molecule has 0 bridgehead atoms. The second-order valence-electron chi connectivity index (χ2n) is 6.80. The number of hydrogen-bond acceptors (Lipinski definition) is 6. The van der Waals surface area contributed by atoms with Crippen LogP contribution < -0.4 is 10.6 Å². The lowest BCUT2D eigenvalue weighted by molar-refractivity contribution is -0.137. The monoisotopic (exact) mass is 408 g/mol. The zero-order valence-corrected chi connectivity index (χ0v) is 17.2. The number of aromatic nitrogens is 1. The summed E-state index contributed by atoms with van der Waals surface area (Å²) >= 11 is 0. The van der Waals surface area contributed by atoms with E-state index >= 15 is 0 Å². The van der Waals surface area contributed by atoms with Crippen LogP contribution >= 0.6 is 0 Å². The number of rotatable bonds is 8. The lowest BCUT2D eigenvalue weighted by Crippen LogP contribution is -2.48. The van der Waals surface area contributed by atoms with E-state index in [0.717, 1.165) is 6.42 Å². The molecule has 10 heteroatoms. The first-order valence-corrected chi connectivity index (χ1v) is 9.46. The van der Waals surface area contributed by atoms with Gasteiger partial charge in [0.1, 0.15) is 18.3 Å². The Kier molecular flexibility index (Phi) is 7.77. The number of esters is 1. The molecule has 1 aliphatic heterocycles. The zero-order chi connectivity index (χ0) is 21.6. The summed E-state index contributed by atoms with van der Waals surface area (Å²) in [6.07, 6.45) is 1.34. The molecule has 2 rings (SSSR count). The van der Waals surface area contributed by atoms with Gasteiger partial charge in [0, 0.05) is 26.4 Å². The number of hydrogen-bond donors (Lipinski definition) is 3. The molecule has 1 unspecified atom stereocenters. The van der Waals surface area contributed by atoms with Gasteiger partial charge < -0.3 is 30.0 Å². The van der Waals surface area contributed by atoms with Crippen LogP contribution in [0.3, 0.4) is 0 Å². The fourth-order valence-corrected chi connectivity index (χ4v) is 3.42. The first-order chi connectivity index (χ1) is 13.8. The van der Waals surface area contributed by atoms with Gasteiger partial charge in [-0.15, -0.1) is 0 Å². The highest BCUT2D eigenvalue weighted by molar-refractivity contribution is 6.01. The third-order valence-electron chi connectivity index (χ3n) is 4.91. The van der Waals surface area contributed by atoms with E-state index in [0.29, 0.717) is 24.2 Å².